The van der Waals surface area contributed by atoms with Crippen molar-refractivity contribution in [2.75, 3.05) is 6.54 Å². The first-order valence-electron chi connectivity index (χ1n) is 12.9. The van der Waals surface area contributed by atoms with E-state index < -0.39 is 31.0 Å². The lowest BCUT2D eigenvalue weighted by Gasteiger charge is -2.43. The Morgan fingerprint density at radius 2 is 1.78 bits per heavy atom. The summed E-state index contributed by atoms with van der Waals surface area (Å²) >= 11 is 0. The summed E-state index contributed by atoms with van der Waals surface area (Å²) in [6.07, 6.45) is 2.25. The van der Waals surface area contributed by atoms with E-state index in [1.807, 2.05) is 39.8 Å². The highest BCUT2D eigenvalue weighted by Crippen LogP contribution is 2.52. The summed E-state index contributed by atoms with van der Waals surface area (Å²) in [7, 11) is -1.16. The molecule has 2 heterocycles. The molecule has 1 aromatic rings. The lowest BCUT2D eigenvalue weighted by atomic mass is 9.54. The number of aromatic hydroxyl groups is 1. The van der Waals surface area contributed by atoms with Gasteiger partial charge in [-0.1, -0.05) is 25.8 Å². The van der Waals surface area contributed by atoms with Crippen LogP contribution < -0.4 is 0 Å². The highest BCUT2D eigenvalue weighted by molar-refractivity contribution is 6.53. The van der Waals surface area contributed by atoms with E-state index in [-0.39, 0.29) is 35.8 Å². The van der Waals surface area contributed by atoms with Gasteiger partial charge in [-0.25, -0.2) is 0 Å². The number of aliphatic carboxylic acids is 1. The van der Waals surface area contributed by atoms with E-state index in [0.717, 1.165) is 27.7 Å². The van der Waals surface area contributed by atoms with E-state index in [9.17, 15) is 24.5 Å². The highest BCUT2D eigenvalue weighted by Gasteiger charge is 2.57. The summed E-state index contributed by atoms with van der Waals surface area (Å²) < 4.78 is 6.08. The number of rotatable bonds is 8. The number of imide groups is 1. The number of phenols is 1. The van der Waals surface area contributed by atoms with Crippen LogP contribution in [0.25, 0.3) is 0 Å². The van der Waals surface area contributed by atoms with Crippen molar-refractivity contribution < 1.29 is 34.3 Å². The van der Waals surface area contributed by atoms with Crippen LogP contribution in [0.4, 0.5) is 0 Å². The van der Waals surface area contributed by atoms with E-state index >= 15 is 0 Å². The van der Waals surface area contributed by atoms with Crippen LogP contribution in [0.2, 0.25) is 0 Å². The minimum absolute atomic E-state index is 0.0791. The Morgan fingerprint density at radius 1 is 1.11 bits per heavy atom. The Bertz CT molecular complexity index is 1070. The Kier molecular flexibility index (Phi) is 7.62. The topological polar surface area (TPSA) is 124 Å². The van der Waals surface area contributed by atoms with Crippen molar-refractivity contribution in [3.05, 3.63) is 39.9 Å². The summed E-state index contributed by atoms with van der Waals surface area (Å²) in [4.78, 5) is 39.1. The van der Waals surface area contributed by atoms with Gasteiger partial charge < -0.3 is 19.9 Å². The maximum Gasteiger partial charge on any atom is 0.487 e. The number of carbonyl (C=O) groups is 3. The van der Waals surface area contributed by atoms with Crippen molar-refractivity contribution in [2.24, 2.45) is 23.7 Å². The number of carboxylic acids is 1. The van der Waals surface area contributed by atoms with Crippen molar-refractivity contribution >= 4 is 24.9 Å². The second kappa shape index (κ2) is 10.4. The Morgan fingerprint density at radius 3 is 2.39 bits per heavy atom. The number of amides is 2. The average Bonchev–Trinajstić information content (AvgIpc) is 3.05. The molecule has 0 aromatic heterocycles. The van der Waals surface area contributed by atoms with Crippen LogP contribution in [0.3, 0.4) is 0 Å². The van der Waals surface area contributed by atoms with Gasteiger partial charge in [-0.3, -0.25) is 19.3 Å². The summed E-state index contributed by atoms with van der Waals surface area (Å²) in [6, 6.07) is 3.70. The molecule has 1 aromatic carbocycles. The summed E-state index contributed by atoms with van der Waals surface area (Å²) in [5.41, 5.74) is 4.01. The van der Waals surface area contributed by atoms with Crippen LogP contribution in [0.5, 0.6) is 5.75 Å². The predicted molar refractivity (Wildman–Crippen MR) is 134 cm³/mol. The van der Waals surface area contributed by atoms with Crippen molar-refractivity contribution in [2.45, 2.75) is 72.3 Å². The summed E-state index contributed by atoms with van der Waals surface area (Å²) in [5.74, 6) is -2.16. The number of aryl methyl sites for hydroxylation is 2. The lowest BCUT2D eigenvalue weighted by molar-refractivity contribution is -0.141. The SMILES string of the molecule is Cc1cc([C@@H]2C[C@@H]3C(=C(C(C)C)C[C@@H]4C(=O)N(CCCCCC(=O)O)C(=O)[C@@H]43)B(O)O2)cc(C)c1O. The van der Waals surface area contributed by atoms with Crippen molar-refractivity contribution in [3.8, 4) is 5.75 Å². The van der Waals surface area contributed by atoms with Crippen molar-refractivity contribution in [3.63, 3.8) is 0 Å². The molecule has 2 aliphatic heterocycles. The number of carbonyl (C=O) groups excluding carboxylic acids is 2. The number of hydrogen-bond donors (Lipinski definition) is 3. The Balaban J connectivity index is 1.61. The van der Waals surface area contributed by atoms with E-state index in [1.165, 1.54) is 4.90 Å². The third kappa shape index (κ3) is 4.83. The first kappa shape index (κ1) is 26.4. The van der Waals surface area contributed by atoms with E-state index in [0.29, 0.717) is 38.6 Å². The van der Waals surface area contributed by atoms with Gasteiger partial charge in [0.2, 0.25) is 11.8 Å². The quantitative estimate of drug-likeness (QED) is 0.284. The number of allylic oxidation sites excluding steroid dienone is 2. The number of hydrogen-bond acceptors (Lipinski definition) is 6. The van der Waals surface area contributed by atoms with Gasteiger partial charge in [-0.2, -0.15) is 0 Å². The second-order valence-corrected chi connectivity index (χ2v) is 10.8. The molecule has 0 saturated carbocycles. The highest BCUT2D eigenvalue weighted by atomic mass is 16.5. The lowest BCUT2D eigenvalue weighted by Crippen LogP contribution is -2.45. The molecule has 3 aliphatic rings. The molecular weight excluding hydrogens is 461 g/mol. The smallest absolute Gasteiger partial charge is 0.487 e. The molecule has 0 radical (unpaired) electrons. The second-order valence-electron chi connectivity index (χ2n) is 10.8. The molecule has 1 aliphatic carbocycles. The molecule has 2 fully saturated rings. The fourth-order valence-corrected chi connectivity index (χ4v) is 6.30. The molecule has 0 spiro atoms. The summed E-state index contributed by atoms with van der Waals surface area (Å²) in [6.45, 7) is 8.00. The van der Waals surface area contributed by atoms with Gasteiger partial charge in [0.05, 0.1) is 17.9 Å². The van der Waals surface area contributed by atoms with Crippen LogP contribution in [0, 0.1) is 37.5 Å². The molecule has 36 heavy (non-hydrogen) atoms. The maximum atomic E-state index is 13.6. The monoisotopic (exact) mass is 497 g/mol. The van der Waals surface area contributed by atoms with Gasteiger partial charge in [0.25, 0.3) is 0 Å². The zero-order valence-corrected chi connectivity index (χ0v) is 21.5. The third-order valence-electron chi connectivity index (χ3n) is 8.09. The maximum absolute atomic E-state index is 13.6. The van der Waals surface area contributed by atoms with Crippen LogP contribution in [0.1, 0.15) is 75.2 Å². The molecule has 8 nitrogen and oxygen atoms in total. The number of likely N-dealkylation sites (tertiary alicyclic amines) is 1. The van der Waals surface area contributed by atoms with Gasteiger partial charge >= 0.3 is 13.1 Å². The van der Waals surface area contributed by atoms with Crippen LogP contribution >= 0.6 is 0 Å². The number of benzene rings is 1. The number of unbranched alkanes of at least 4 members (excludes halogenated alkanes) is 2. The molecular formula is C27H36BNO7. The normalized spacial score (nSPS) is 26.1. The fourth-order valence-electron chi connectivity index (χ4n) is 6.30. The van der Waals surface area contributed by atoms with Crippen LogP contribution in [-0.2, 0) is 19.0 Å². The van der Waals surface area contributed by atoms with Crippen LogP contribution in [0.15, 0.2) is 23.2 Å². The number of phenolic OH excluding ortho intramolecular Hbond substituents is 1. The first-order chi connectivity index (χ1) is 17.0. The molecule has 2 saturated heterocycles. The van der Waals surface area contributed by atoms with Crippen molar-refractivity contribution in [1.29, 1.82) is 0 Å². The van der Waals surface area contributed by atoms with Crippen LogP contribution in [-0.4, -0.2) is 51.6 Å². The van der Waals surface area contributed by atoms with E-state index in [1.54, 1.807) is 0 Å². The number of nitrogens with zero attached hydrogens (tertiary/aromatic N) is 1. The molecule has 2 amide bonds. The van der Waals surface area contributed by atoms with Gasteiger partial charge in [0.1, 0.15) is 5.75 Å². The van der Waals surface area contributed by atoms with E-state index in [2.05, 4.69) is 0 Å². The van der Waals surface area contributed by atoms with E-state index in [4.69, 9.17) is 9.76 Å². The minimum atomic E-state index is -1.16. The molecule has 9 heteroatoms. The number of carboxylic acid groups (broad SMARTS) is 1. The predicted octanol–water partition coefficient (Wildman–Crippen LogP) is 3.71. The molecule has 194 valence electrons. The fraction of sp³-hybridized carbons (Fsp3) is 0.593. The van der Waals surface area contributed by atoms with Gasteiger partial charge in [-0.05, 0) is 85.7 Å². The van der Waals surface area contributed by atoms with Gasteiger partial charge in [0.15, 0.2) is 0 Å². The Hall–Kier alpha value is -2.65. The Labute approximate surface area is 212 Å². The average molecular weight is 497 g/mol. The number of fused-ring (bicyclic) bond motifs is 3. The summed E-state index contributed by atoms with van der Waals surface area (Å²) in [5, 5.41) is 30.2. The first-order valence-corrected chi connectivity index (χ1v) is 12.9. The molecule has 3 N–H and O–H groups in total. The molecule has 0 bridgehead atoms. The standard InChI is InChI=1S/C27H36BNO7/c1-14(2)18-12-20-23(27(34)29(26(20)33)9-7-5-6-8-22(30)31)19-13-21(36-28(35)24(18)19)17-10-15(3)25(32)16(4)11-17/h10-11,14,19-21,23,32,35H,5-9,12-13H2,1-4H3,(H,30,31)/t19-,20-,21-,23+/m0/s1. The minimum Gasteiger partial charge on any atom is -0.507 e. The zero-order valence-electron chi connectivity index (χ0n) is 21.5. The zero-order chi connectivity index (χ0) is 26.3. The third-order valence-corrected chi connectivity index (χ3v) is 8.09. The van der Waals surface area contributed by atoms with Crippen molar-refractivity contribution in [1.82, 2.24) is 4.90 Å². The van der Waals surface area contributed by atoms with Gasteiger partial charge in [0, 0.05) is 13.0 Å². The largest absolute Gasteiger partial charge is 0.507 e. The molecule has 0 unspecified atom stereocenters. The molecule has 4 atom stereocenters. The van der Waals surface area contributed by atoms with Gasteiger partial charge in [-0.15, -0.1) is 0 Å². The molecule has 4 rings (SSSR count).